The van der Waals surface area contributed by atoms with Crippen LogP contribution in [0.5, 0.6) is 5.75 Å². The van der Waals surface area contributed by atoms with Crippen LogP contribution in [0.2, 0.25) is 0 Å². The molecule has 2 N–H and O–H groups in total. The van der Waals surface area contributed by atoms with Gasteiger partial charge in [-0.2, -0.15) is 0 Å². The van der Waals surface area contributed by atoms with Gasteiger partial charge in [-0.3, -0.25) is 4.79 Å². The van der Waals surface area contributed by atoms with Crippen LogP contribution < -0.4 is 10.5 Å². The highest BCUT2D eigenvalue weighted by Crippen LogP contribution is 2.30. The predicted octanol–water partition coefficient (Wildman–Crippen LogP) is 1.62. The number of esters is 1. The Hall–Kier alpha value is -1.55. The normalized spacial score (nSPS) is 17.1. The highest BCUT2D eigenvalue weighted by atomic mass is 16.5. The molecule has 0 atom stereocenters. The summed E-state index contributed by atoms with van der Waals surface area (Å²) >= 11 is 0. The molecule has 1 aromatic rings. The molecular formula is C13H17NO3. The molecule has 0 spiro atoms. The van der Waals surface area contributed by atoms with Crippen molar-refractivity contribution in [2.75, 3.05) is 7.11 Å². The lowest BCUT2D eigenvalue weighted by atomic mass is 9.78. The van der Waals surface area contributed by atoms with E-state index in [0.29, 0.717) is 0 Å². The second-order valence-electron chi connectivity index (χ2n) is 4.43. The van der Waals surface area contributed by atoms with E-state index >= 15 is 0 Å². The number of ether oxygens (including phenoxy) is 2. The van der Waals surface area contributed by atoms with E-state index in [9.17, 15) is 4.79 Å². The number of hydrogen-bond acceptors (Lipinski definition) is 4. The monoisotopic (exact) mass is 235 g/mol. The molecule has 1 fully saturated rings. The molecule has 1 aliphatic carbocycles. The van der Waals surface area contributed by atoms with E-state index in [0.717, 1.165) is 30.6 Å². The third-order valence-electron chi connectivity index (χ3n) is 3.18. The summed E-state index contributed by atoms with van der Waals surface area (Å²) in [4.78, 5) is 11.7. The SMILES string of the molecule is COc1ccc(COC(=O)C2(N)CCC2)cc1. The van der Waals surface area contributed by atoms with Gasteiger partial charge in [-0.25, -0.2) is 0 Å². The smallest absolute Gasteiger partial charge is 0.326 e. The van der Waals surface area contributed by atoms with Crippen LogP contribution in [-0.2, 0) is 16.1 Å². The van der Waals surface area contributed by atoms with Crippen molar-refractivity contribution in [2.24, 2.45) is 5.73 Å². The van der Waals surface area contributed by atoms with Gasteiger partial charge < -0.3 is 15.2 Å². The van der Waals surface area contributed by atoms with Crippen molar-refractivity contribution in [3.05, 3.63) is 29.8 Å². The number of hydrogen-bond donors (Lipinski definition) is 1. The lowest BCUT2D eigenvalue weighted by Crippen LogP contribution is -2.54. The van der Waals surface area contributed by atoms with E-state index in [2.05, 4.69) is 0 Å². The number of carbonyl (C=O) groups is 1. The zero-order chi connectivity index (χ0) is 12.3. The molecule has 1 saturated carbocycles. The Bertz CT molecular complexity index is 396. The van der Waals surface area contributed by atoms with E-state index in [4.69, 9.17) is 15.2 Å². The number of methoxy groups -OCH3 is 1. The summed E-state index contributed by atoms with van der Waals surface area (Å²) in [6.45, 7) is 0.266. The molecule has 0 heterocycles. The number of carbonyl (C=O) groups excluding carboxylic acids is 1. The van der Waals surface area contributed by atoms with Gasteiger partial charge in [0.2, 0.25) is 0 Å². The number of benzene rings is 1. The predicted molar refractivity (Wildman–Crippen MR) is 63.6 cm³/mol. The Morgan fingerprint density at radius 3 is 2.47 bits per heavy atom. The average Bonchev–Trinajstić information content (AvgIpc) is 2.33. The quantitative estimate of drug-likeness (QED) is 0.805. The Morgan fingerprint density at radius 2 is 2.00 bits per heavy atom. The fourth-order valence-corrected chi connectivity index (χ4v) is 1.78. The first-order valence-electron chi connectivity index (χ1n) is 5.73. The maximum absolute atomic E-state index is 11.7. The molecule has 1 aliphatic rings. The second-order valence-corrected chi connectivity index (χ2v) is 4.43. The van der Waals surface area contributed by atoms with Crippen LogP contribution in [0.15, 0.2) is 24.3 Å². The largest absolute Gasteiger partial charge is 0.497 e. The summed E-state index contributed by atoms with van der Waals surface area (Å²) in [6, 6.07) is 7.42. The molecule has 2 rings (SSSR count). The van der Waals surface area contributed by atoms with Gasteiger partial charge in [-0.05, 0) is 37.0 Å². The van der Waals surface area contributed by atoms with Gasteiger partial charge in [-0.1, -0.05) is 12.1 Å². The molecule has 0 unspecified atom stereocenters. The van der Waals surface area contributed by atoms with E-state index in [-0.39, 0.29) is 12.6 Å². The maximum atomic E-state index is 11.7. The van der Waals surface area contributed by atoms with Crippen molar-refractivity contribution in [2.45, 2.75) is 31.4 Å². The molecule has 4 heteroatoms. The molecule has 0 amide bonds. The van der Waals surface area contributed by atoms with Crippen molar-refractivity contribution in [3.8, 4) is 5.75 Å². The summed E-state index contributed by atoms with van der Waals surface area (Å²) in [5, 5.41) is 0. The molecule has 1 aromatic carbocycles. The lowest BCUT2D eigenvalue weighted by molar-refractivity contribution is -0.155. The van der Waals surface area contributed by atoms with E-state index in [1.807, 2.05) is 24.3 Å². The van der Waals surface area contributed by atoms with Crippen LogP contribution in [-0.4, -0.2) is 18.6 Å². The first-order chi connectivity index (χ1) is 8.14. The van der Waals surface area contributed by atoms with Gasteiger partial charge in [0.1, 0.15) is 17.9 Å². The topological polar surface area (TPSA) is 61.5 Å². The Balaban J connectivity index is 1.86. The van der Waals surface area contributed by atoms with Gasteiger partial charge in [0.05, 0.1) is 7.11 Å². The maximum Gasteiger partial charge on any atom is 0.326 e. The lowest BCUT2D eigenvalue weighted by Gasteiger charge is -2.35. The zero-order valence-corrected chi connectivity index (χ0v) is 9.94. The molecule has 0 bridgehead atoms. The zero-order valence-electron chi connectivity index (χ0n) is 9.94. The Labute approximate surface area is 101 Å². The van der Waals surface area contributed by atoms with Crippen molar-refractivity contribution >= 4 is 5.97 Å². The fourth-order valence-electron chi connectivity index (χ4n) is 1.78. The molecule has 0 radical (unpaired) electrons. The molecule has 4 nitrogen and oxygen atoms in total. The molecule has 17 heavy (non-hydrogen) atoms. The summed E-state index contributed by atoms with van der Waals surface area (Å²) in [7, 11) is 1.61. The first kappa shape index (κ1) is 11.9. The number of rotatable bonds is 4. The van der Waals surface area contributed by atoms with Crippen molar-refractivity contribution in [1.82, 2.24) is 0 Å². The second kappa shape index (κ2) is 4.75. The van der Waals surface area contributed by atoms with Gasteiger partial charge in [0.15, 0.2) is 0 Å². The minimum atomic E-state index is -0.730. The summed E-state index contributed by atoms with van der Waals surface area (Å²) in [5.41, 5.74) is 6.06. The van der Waals surface area contributed by atoms with Gasteiger partial charge in [0, 0.05) is 0 Å². The highest BCUT2D eigenvalue weighted by molar-refractivity contribution is 5.81. The Kier molecular flexibility index (Phi) is 3.33. The van der Waals surface area contributed by atoms with Crippen LogP contribution in [0.3, 0.4) is 0 Å². The van der Waals surface area contributed by atoms with Gasteiger partial charge >= 0.3 is 5.97 Å². The molecule has 0 aliphatic heterocycles. The third-order valence-corrected chi connectivity index (χ3v) is 3.18. The minimum absolute atomic E-state index is 0.266. The van der Waals surface area contributed by atoms with Crippen molar-refractivity contribution in [1.29, 1.82) is 0 Å². The molecule has 92 valence electrons. The van der Waals surface area contributed by atoms with Gasteiger partial charge in [0.25, 0.3) is 0 Å². The summed E-state index contributed by atoms with van der Waals surface area (Å²) < 4.78 is 10.3. The average molecular weight is 235 g/mol. The van der Waals surface area contributed by atoms with Crippen molar-refractivity contribution in [3.63, 3.8) is 0 Å². The van der Waals surface area contributed by atoms with E-state index in [1.165, 1.54) is 0 Å². The summed E-state index contributed by atoms with van der Waals surface area (Å²) in [5.74, 6) is 0.494. The molecule has 0 saturated heterocycles. The minimum Gasteiger partial charge on any atom is -0.497 e. The van der Waals surface area contributed by atoms with Crippen molar-refractivity contribution < 1.29 is 14.3 Å². The molecule has 0 aromatic heterocycles. The standard InChI is InChI=1S/C13H17NO3/c1-16-11-5-3-10(4-6-11)9-17-12(15)13(14)7-2-8-13/h3-6H,2,7-9,14H2,1H3. The van der Waals surface area contributed by atoms with Gasteiger partial charge in [-0.15, -0.1) is 0 Å². The third kappa shape index (κ3) is 2.58. The van der Waals surface area contributed by atoms with Crippen LogP contribution in [0.1, 0.15) is 24.8 Å². The van der Waals surface area contributed by atoms with Crippen LogP contribution in [0.4, 0.5) is 0 Å². The fraction of sp³-hybridized carbons (Fsp3) is 0.462. The number of nitrogens with two attached hydrogens (primary N) is 1. The van der Waals surface area contributed by atoms with Crippen LogP contribution >= 0.6 is 0 Å². The van der Waals surface area contributed by atoms with E-state index < -0.39 is 5.54 Å². The highest BCUT2D eigenvalue weighted by Gasteiger charge is 2.41. The summed E-state index contributed by atoms with van der Waals surface area (Å²) in [6.07, 6.45) is 2.47. The van der Waals surface area contributed by atoms with Crippen LogP contribution in [0, 0.1) is 0 Å². The first-order valence-corrected chi connectivity index (χ1v) is 5.73. The van der Waals surface area contributed by atoms with E-state index in [1.54, 1.807) is 7.11 Å². The van der Waals surface area contributed by atoms with Crippen LogP contribution in [0.25, 0.3) is 0 Å². The Morgan fingerprint density at radius 1 is 1.35 bits per heavy atom. The molecular weight excluding hydrogens is 218 g/mol.